The second-order valence-corrected chi connectivity index (χ2v) is 6.04. The Labute approximate surface area is 160 Å². The summed E-state index contributed by atoms with van der Waals surface area (Å²) in [5.74, 6) is 1.08. The van der Waals surface area contributed by atoms with Gasteiger partial charge in [-0.1, -0.05) is 0 Å². The van der Waals surface area contributed by atoms with Crippen LogP contribution in [0.15, 0.2) is 48.8 Å². The summed E-state index contributed by atoms with van der Waals surface area (Å²) in [5.41, 5.74) is 0.485. The van der Waals surface area contributed by atoms with E-state index in [4.69, 9.17) is 9.47 Å². The number of imidazole rings is 1. The van der Waals surface area contributed by atoms with Crippen molar-refractivity contribution in [2.24, 2.45) is 7.05 Å². The van der Waals surface area contributed by atoms with E-state index in [1.54, 1.807) is 42.2 Å². The highest BCUT2D eigenvalue weighted by atomic mass is 19.1. The minimum absolute atomic E-state index is 0.0415. The van der Waals surface area contributed by atoms with Crippen molar-refractivity contribution in [3.63, 3.8) is 0 Å². The molecule has 8 nitrogen and oxygen atoms in total. The third kappa shape index (κ3) is 3.88. The lowest BCUT2D eigenvalue weighted by Gasteiger charge is -2.21. The molecule has 1 aromatic heterocycles. The average molecular weight is 386 g/mol. The molecule has 3 rings (SSSR count). The van der Waals surface area contributed by atoms with Crippen LogP contribution >= 0.6 is 0 Å². The maximum absolute atomic E-state index is 13.8. The molecule has 0 aliphatic carbocycles. The topological polar surface area (TPSA) is 91.4 Å². The van der Waals surface area contributed by atoms with Gasteiger partial charge in [0.2, 0.25) is 0 Å². The Kier molecular flexibility index (Phi) is 5.44. The Morgan fingerprint density at radius 1 is 1.18 bits per heavy atom. The highest BCUT2D eigenvalue weighted by Crippen LogP contribution is 2.34. The Morgan fingerprint density at radius 2 is 1.86 bits per heavy atom. The third-order valence-electron chi connectivity index (χ3n) is 4.28. The first-order valence-electron chi connectivity index (χ1n) is 8.33. The first-order chi connectivity index (χ1) is 13.4. The molecule has 1 heterocycles. The Hall–Kier alpha value is -3.62. The quantitative estimate of drug-likeness (QED) is 0.492. The van der Waals surface area contributed by atoms with E-state index in [9.17, 15) is 14.5 Å². The molecule has 0 bridgehead atoms. The second-order valence-electron chi connectivity index (χ2n) is 6.04. The molecule has 1 N–H and O–H groups in total. The molecule has 0 aliphatic rings. The number of methoxy groups -OCH3 is 2. The maximum Gasteiger partial charge on any atom is 0.292 e. The van der Waals surface area contributed by atoms with Gasteiger partial charge in [-0.05, 0) is 23.8 Å². The standard InChI is InChI=1S/C19H19FN4O4/c1-23-7-6-21-19(23)18(12-8-14(27-2)11-15(9-12)28-3)22-16-10-13(20)4-5-17(16)24(25)26/h4-11,18,22H,1-3H3. The van der Waals surface area contributed by atoms with Crippen LogP contribution in [0.5, 0.6) is 11.5 Å². The van der Waals surface area contributed by atoms with Crippen LogP contribution in [0.1, 0.15) is 17.4 Å². The number of ether oxygens (including phenoxy) is 2. The van der Waals surface area contributed by atoms with E-state index in [1.165, 1.54) is 14.2 Å². The monoisotopic (exact) mass is 386 g/mol. The Bertz CT molecular complexity index is 983. The average Bonchev–Trinajstić information content (AvgIpc) is 3.11. The van der Waals surface area contributed by atoms with Crippen LogP contribution in [0.3, 0.4) is 0 Å². The van der Waals surface area contributed by atoms with Crippen molar-refractivity contribution >= 4 is 11.4 Å². The van der Waals surface area contributed by atoms with Gasteiger partial charge in [0.05, 0.1) is 19.1 Å². The third-order valence-corrected chi connectivity index (χ3v) is 4.28. The molecule has 3 aromatic rings. The molecular formula is C19H19FN4O4. The van der Waals surface area contributed by atoms with Gasteiger partial charge in [0, 0.05) is 37.6 Å². The highest BCUT2D eigenvalue weighted by molar-refractivity contribution is 5.63. The summed E-state index contributed by atoms with van der Waals surface area (Å²) in [7, 11) is 4.85. The van der Waals surface area contributed by atoms with Crippen molar-refractivity contribution in [2.75, 3.05) is 19.5 Å². The van der Waals surface area contributed by atoms with Gasteiger partial charge in [0.15, 0.2) is 0 Å². The van der Waals surface area contributed by atoms with E-state index in [0.717, 1.165) is 18.2 Å². The van der Waals surface area contributed by atoms with Crippen molar-refractivity contribution in [3.05, 3.63) is 76.1 Å². The summed E-state index contributed by atoms with van der Waals surface area (Å²) in [6.07, 6.45) is 3.36. The fraction of sp³-hybridized carbons (Fsp3) is 0.211. The van der Waals surface area contributed by atoms with Crippen LogP contribution in [0.25, 0.3) is 0 Å². The van der Waals surface area contributed by atoms with E-state index in [1.807, 2.05) is 0 Å². The number of rotatable bonds is 7. The zero-order chi connectivity index (χ0) is 20.3. The van der Waals surface area contributed by atoms with Crippen molar-refractivity contribution < 1.29 is 18.8 Å². The number of benzene rings is 2. The summed E-state index contributed by atoms with van der Waals surface area (Å²) in [6.45, 7) is 0. The molecule has 28 heavy (non-hydrogen) atoms. The highest BCUT2D eigenvalue weighted by Gasteiger charge is 2.24. The zero-order valence-electron chi connectivity index (χ0n) is 15.5. The van der Waals surface area contributed by atoms with Crippen LogP contribution in [0.4, 0.5) is 15.8 Å². The fourth-order valence-corrected chi connectivity index (χ4v) is 2.89. The van der Waals surface area contributed by atoms with Gasteiger partial charge in [0.25, 0.3) is 5.69 Å². The van der Waals surface area contributed by atoms with Crippen molar-refractivity contribution in [3.8, 4) is 11.5 Å². The van der Waals surface area contributed by atoms with Gasteiger partial charge in [-0.25, -0.2) is 9.37 Å². The van der Waals surface area contributed by atoms with Crippen molar-refractivity contribution in [1.82, 2.24) is 9.55 Å². The van der Waals surface area contributed by atoms with E-state index >= 15 is 0 Å². The summed E-state index contributed by atoms with van der Waals surface area (Å²) in [6, 6.07) is 7.88. The maximum atomic E-state index is 13.8. The largest absolute Gasteiger partial charge is 0.497 e. The molecule has 146 valence electrons. The summed E-state index contributed by atoms with van der Waals surface area (Å²) >= 11 is 0. The Balaban J connectivity index is 2.14. The van der Waals surface area contributed by atoms with Crippen LogP contribution < -0.4 is 14.8 Å². The number of hydrogen-bond donors (Lipinski definition) is 1. The molecule has 9 heteroatoms. The van der Waals surface area contributed by atoms with Crippen LogP contribution in [-0.2, 0) is 7.05 Å². The molecule has 0 aliphatic heterocycles. The predicted molar refractivity (Wildman–Crippen MR) is 101 cm³/mol. The predicted octanol–water partition coefficient (Wildman–Crippen LogP) is 3.69. The molecule has 0 fully saturated rings. The first kappa shape index (κ1) is 19.2. The van der Waals surface area contributed by atoms with Gasteiger partial charge in [-0.15, -0.1) is 0 Å². The minimum Gasteiger partial charge on any atom is -0.497 e. The summed E-state index contributed by atoms with van der Waals surface area (Å²) in [4.78, 5) is 15.2. The molecule has 0 radical (unpaired) electrons. The number of nitrogens with one attached hydrogen (secondary N) is 1. The van der Waals surface area contributed by atoms with Gasteiger partial charge in [-0.3, -0.25) is 10.1 Å². The first-order valence-corrected chi connectivity index (χ1v) is 8.33. The second kappa shape index (κ2) is 7.95. The number of aryl methyl sites for hydroxylation is 1. The van der Waals surface area contributed by atoms with Crippen molar-refractivity contribution in [2.45, 2.75) is 6.04 Å². The molecule has 0 amide bonds. The molecular weight excluding hydrogens is 367 g/mol. The lowest BCUT2D eigenvalue weighted by molar-refractivity contribution is -0.384. The smallest absolute Gasteiger partial charge is 0.292 e. The minimum atomic E-state index is -0.621. The lowest BCUT2D eigenvalue weighted by atomic mass is 10.0. The molecule has 0 saturated carbocycles. The summed E-state index contributed by atoms with van der Waals surface area (Å²) < 4.78 is 26.2. The summed E-state index contributed by atoms with van der Waals surface area (Å²) in [5, 5.41) is 14.4. The number of aromatic nitrogens is 2. The van der Waals surface area contributed by atoms with E-state index in [2.05, 4.69) is 10.3 Å². The number of nitro groups is 1. The van der Waals surface area contributed by atoms with Crippen LogP contribution in [-0.4, -0.2) is 28.7 Å². The van der Waals surface area contributed by atoms with Gasteiger partial charge in [-0.2, -0.15) is 0 Å². The number of hydrogen-bond acceptors (Lipinski definition) is 6. The molecule has 1 atom stereocenters. The van der Waals surface area contributed by atoms with E-state index < -0.39 is 16.8 Å². The molecule has 2 aromatic carbocycles. The lowest BCUT2D eigenvalue weighted by Crippen LogP contribution is -2.18. The van der Waals surface area contributed by atoms with E-state index in [-0.39, 0.29) is 11.4 Å². The normalized spacial score (nSPS) is 11.7. The fourth-order valence-electron chi connectivity index (χ4n) is 2.89. The van der Waals surface area contributed by atoms with Crippen LogP contribution in [0, 0.1) is 15.9 Å². The number of nitro benzene ring substituents is 1. The van der Waals surface area contributed by atoms with Gasteiger partial charge >= 0.3 is 0 Å². The van der Waals surface area contributed by atoms with Crippen molar-refractivity contribution in [1.29, 1.82) is 0 Å². The zero-order valence-corrected chi connectivity index (χ0v) is 15.5. The van der Waals surface area contributed by atoms with E-state index in [0.29, 0.717) is 22.9 Å². The molecule has 0 saturated heterocycles. The van der Waals surface area contributed by atoms with Gasteiger partial charge in [0.1, 0.15) is 34.9 Å². The van der Waals surface area contributed by atoms with Gasteiger partial charge < -0.3 is 19.4 Å². The molecule has 1 unspecified atom stereocenters. The SMILES string of the molecule is COc1cc(OC)cc(C(Nc2cc(F)ccc2[N+](=O)[O-])c2nccn2C)c1. The van der Waals surface area contributed by atoms with Crippen LogP contribution in [0.2, 0.25) is 0 Å². The Morgan fingerprint density at radius 3 is 2.39 bits per heavy atom. The number of halogens is 1. The number of anilines is 1. The molecule has 0 spiro atoms. The number of nitrogens with zero attached hydrogens (tertiary/aromatic N) is 3.